The predicted octanol–water partition coefficient (Wildman–Crippen LogP) is 2.79. The molecule has 2 rings (SSSR count). The normalized spacial score (nSPS) is 29.2. The molecular formula is C16H30N2O. The fraction of sp³-hybridized carbons (Fsp3) is 0.938. The van der Waals surface area contributed by atoms with Crippen molar-refractivity contribution in [2.45, 2.75) is 57.8 Å². The first-order valence-electron chi connectivity index (χ1n) is 8.15. The molecule has 2 aliphatic rings. The second-order valence-electron chi connectivity index (χ2n) is 6.68. The molecule has 0 spiro atoms. The Morgan fingerprint density at radius 1 is 1.00 bits per heavy atom. The standard InChI is InChI=1S/C16H30N2O/c1-18(12-14-5-3-2-4-6-14)16(19)15-9-7-13(11-17)8-10-15/h13-15H,2-12,17H2,1H3. The van der Waals surface area contributed by atoms with Crippen molar-refractivity contribution in [3.05, 3.63) is 0 Å². The summed E-state index contributed by atoms with van der Waals surface area (Å²) in [5.74, 6) is 2.08. The molecule has 0 bridgehead atoms. The highest BCUT2D eigenvalue weighted by atomic mass is 16.2. The van der Waals surface area contributed by atoms with Crippen LogP contribution in [0, 0.1) is 17.8 Å². The van der Waals surface area contributed by atoms with Crippen LogP contribution >= 0.6 is 0 Å². The molecule has 110 valence electrons. The van der Waals surface area contributed by atoms with Crippen molar-refractivity contribution >= 4 is 5.91 Å². The summed E-state index contributed by atoms with van der Waals surface area (Å²) in [6.07, 6.45) is 11.1. The summed E-state index contributed by atoms with van der Waals surface area (Å²) in [6, 6.07) is 0. The number of hydrogen-bond acceptors (Lipinski definition) is 2. The molecule has 0 heterocycles. The van der Waals surface area contributed by atoms with Crippen molar-refractivity contribution in [3.63, 3.8) is 0 Å². The van der Waals surface area contributed by atoms with Gasteiger partial charge in [-0.1, -0.05) is 19.3 Å². The fourth-order valence-electron chi connectivity index (χ4n) is 3.80. The molecule has 2 fully saturated rings. The largest absolute Gasteiger partial charge is 0.345 e. The Labute approximate surface area is 117 Å². The minimum atomic E-state index is 0.274. The van der Waals surface area contributed by atoms with E-state index in [1.165, 1.54) is 32.1 Å². The molecule has 0 saturated heterocycles. The lowest BCUT2D eigenvalue weighted by atomic mass is 9.81. The maximum Gasteiger partial charge on any atom is 0.225 e. The maximum absolute atomic E-state index is 12.5. The van der Waals surface area contributed by atoms with Crippen LogP contribution in [0.25, 0.3) is 0 Å². The van der Waals surface area contributed by atoms with E-state index in [1.54, 1.807) is 0 Å². The van der Waals surface area contributed by atoms with Gasteiger partial charge >= 0.3 is 0 Å². The van der Waals surface area contributed by atoms with E-state index in [4.69, 9.17) is 5.73 Å². The first-order chi connectivity index (χ1) is 9.20. The molecule has 1 amide bonds. The molecular weight excluding hydrogens is 236 g/mol. The number of nitrogens with two attached hydrogens (primary N) is 1. The molecule has 3 heteroatoms. The highest BCUT2D eigenvalue weighted by Gasteiger charge is 2.28. The number of carbonyl (C=O) groups excluding carboxylic acids is 1. The molecule has 19 heavy (non-hydrogen) atoms. The first kappa shape index (κ1) is 14.8. The maximum atomic E-state index is 12.5. The number of amides is 1. The van der Waals surface area contributed by atoms with Crippen LogP contribution in [0.3, 0.4) is 0 Å². The molecule has 2 aliphatic carbocycles. The molecule has 0 aliphatic heterocycles. The number of nitrogens with zero attached hydrogens (tertiary/aromatic N) is 1. The van der Waals surface area contributed by atoms with Crippen LogP contribution in [0.4, 0.5) is 0 Å². The van der Waals surface area contributed by atoms with Gasteiger partial charge < -0.3 is 10.6 Å². The lowest BCUT2D eigenvalue weighted by molar-refractivity contribution is -0.136. The Morgan fingerprint density at radius 3 is 2.21 bits per heavy atom. The van der Waals surface area contributed by atoms with Gasteiger partial charge in [0.1, 0.15) is 0 Å². The topological polar surface area (TPSA) is 46.3 Å². The van der Waals surface area contributed by atoms with Gasteiger partial charge in [-0.3, -0.25) is 4.79 Å². The predicted molar refractivity (Wildman–Crippen MR) is 78.7 cm³/mol. The van der Waals surface area contributed by atoms with E-state index in [1.807, 2.05) is 11.9 Å². The van der Waals surface area contributed by atoms with Gasteiger partial charge in [0.15, 0.2) is 0 Å². The summed E-state index contributed by atoms with van der Waals surface area (Å²) in [7, 11) is 2.01. The van der Waals surface area contributed by atoms with E-state index in [-0.39, 0.29) is 5.92 Å². The molecule has 0 aromatic carbocycles. The zero-order valence-corrected chi connectivity index (χ0v) is 12.4. The van der Waals surface area contributed by atoms with Crippen LogP contribution in [0.5, 0.6) is 0 Å². The van der Waals surface area contributed by atoms with Gasteiger partial charge in [-0.2, -0.15) is 0 Å². The average Bonchev–Trinajstić information content (AvgIpc) is 2.47. The molecule has 0 unspecified atom stereocenters. The number of rotatable bonds is 4. The molecule has 0 aromatic rings. The summed E-state index contributed by atoms with van der Waals surface area (Å²) < 4.78 is 0. The van der Waals surface area contributed by atoms with Crippen LogP contribution in [-0.4, -0.2) is 30.9 Å². The Balaban J connectivity index is 1.75. The van der Waals surface area contributed by atoms with Gasteiger partial charge in [0.25, 0.3) is 0 Å². The van der Waals surface area contributed by atoms with Crippen LogP contribution in [0.15, 0.2) is 0 Å². The Kier molecular flexibility index (Phi) is 5.68. The molecule has 2 saturated carbocycles. The molecule has 0 atom stereocenters. The van der Waals surface area contributed by atoms with Crippen LogP contribution < -0.4 is 5.73 Å². The van der Waals surface area contributed by atoms with Crippen molar-refractivity contribution < 1.29 is 4.79 Å². The Morgan fingerprint density at radius 2 is 1.63 bits per heavy atom. The van der Waals surface area contributed by atoms with Gasteiger partial charge in [0.05, 0.1) is 0 Å². The van der Waals surface area contributed by atoms with Gasteiger partial charge in [0, 0.05) is 19.5 Å². The van der Waals surface area contributed by atoms with Crippen LogP contribution in [0.2, 0.25) is 0 Å². The lowest BCUT2D eigenvalue weighted by Gasteiger charge is -2.32. The minimum absolute atomic E-state index is 0.274. The van der Waals surface area contributed by atoms with Crippen LogP contribution in [0.1, 0.15) is 57.8 Å². The molecule has 2 N–H and O–H groups in total. The van der Waals surface area contributed by atoms with E-state index in [2.05, 4.69) is 0 Å². The SMILES string of the molecule is CN(CC1CCCCC1)C(=O)C1CCC(CN)CC1. The summed E-state index contributed by atoms with van der Waals surface area (Å²) in [5, 5.41) is 0. The van der Waals surface area contributed by atoms with Gasteiger partial charge in [-0.05, 0) is 56.9 Å². The number of hydrogen-bond donors (Lipinski definition) is 1. The van der Waals surface area contributed by atoms with E-state index in [9.17, 15) is 4.79 Å². The average molecular weight is 266 g/mol. The quantitative estimate of drug-likeness (QED) is 0.850. The van der Waals surface area contributed by atoms with E-state index < -0.39 is 0 Å². The summed E-state index contributed by atoms with van der Waals surface area (Å²) >= 11 is 0. The third-order valence-corrected chi connectivity index (χ3v) is 5.16. The van der Waals surface area contributed by atoms with E-state index in [0.29, 0.717) is 11.8 Å². The Bertz CT molecular complexity index is 278. The van der Waals surface area contributed by atoms with E-state index in [0.717, 1.165) is 44.7 Å². The summed E-state index contributed by atoms with van der Waals surface area (Å²) in [4.78, 5) is 14.5. The van der Waals surface area contributed by atoms with Crippen molar-refractivity contribution in [2.24, 2.45) is 23.5 Å². The molecule has 3 nitrogen and oxygen atoms in total. The smallest absolute Gasteiger partial charge is 0.225 e. The van der Waals surface area contributed by atoms with Crippen molar-refractivity contribution in [3.8, 4) is 0 Å². The number of carbonyl (C=O) groups is 1. The van der Waals surface area contributed by atoms with Crippen molar-refractivity contribution in [1.29, 1.82) is 0 Å². The minimum Gasteiger partial charge on any atom is -0.345 e. The zero-order valence-electron chi connectivity index (χ0n) is 12.4. The summed E-state index contributed by atoms with van der Waals surface area (Å²) in [6.45, 7) is 1.77. The highest BCUT2D eigenvalue weighted by molar-refractivity contribution is 5.78. The Hall–Kier alpha value is -0.570. The zero-order chi connectivity index (χ0) is 13.7. The molecule has 0 radical (unpaired) electrons. The monoisotopic (exact) mass is 266 g/mol. The van der Waals surface area contributed by atoms with Crippen LogP contribution in [-0.2, 0) is 4.79 Å². The summed E-state index contributed by atoms with van der Waals surface area (Å²) in [5.41, 5.74) is 5.71. The van der Waals surface area contributed by atoms with Gasteiger partial charge in [0.2, 0.25) is 5.91 Å². The third kappa shape index (κ3) is 4.20. The van der Waals surface area contributed by atoms with Crippen molar-refractivity contribution in [2.75, 3.05) is 20.1 Å². The fourth-order valence-corrected chi connectivity index (χ4v) is 3.80. The second kappa shape index (κ2) is 7.28. The third-order valence-electron chi connectivity index (χ3n) is 5.16. The first-order valence-corrected chi connectivity index (χ1v) is 8.15. The van der Waals surface area contributed by atoms with Gasteiger partial charge in [-0.15, -0.1) is 0 Å². The second-order valence-corrected chi connectivity index (χ2v) is 6.68. The highest BCUT2D eigenvalue weighted by Crippen LogP contribution is 2.30. The lowest BCUT2D eigenvalue weighted by Crippen LogP contribution is -2.38. The van der Waals surface area contributed by atoms with Crippen molar-refractivity contribution in [1.82, 2.24) is 4.90 Å². The van der Waals surface area contributed by atoms with Gasteiger partial charge in [-0.25, -0.2) is 0 Å². The van der Waals surface area contributed by atoms with E-state index >= 15 is 0 Å². The molecule has 0 aromatic heterocycles.